The van der Waals surface area contributed by atoms with Crippen molar-refractivity contribution < 1.29 is 4.39 Å². The van der Waals surface area contributed by atoms with Crippen LogP contribution < -0.4 is 0 Å². The molecule has 1 fully saturated rings. The van der Waals surface area contributed by atoms with Crippen molar-refractivity contribution in [1.82, 2.24) is 4.90 Å². The Hall–Kier alpha value is -0.110. The van der Waals surface area contributed by atoms with E-state index in [1.54, 1.807) is 0 Å². The molecule has 1 nitrogen and oxygen atoms in total. The lowest BCUT2D eigenvalue weighted by Crippen LogP contribution is -2.40. The third kappa shape index (κ3) is 2.47. The lowest BCUT2D eigenvalue weighted by molar-refractivity contribution is 0.145. The molecular weight excluding hydrogens is 177 g/mol. The zero-order valence-electron chi connectivity index (χ0n) is 10.4. The summed E-state index contributed by atoms with van der Waals surface area (Å²) in [5, 5.41) is 0. The quantitative estimate of drug-likeness (QED) is 0.582. The van der Waals surface area contributed by atoms with Gasteiger partial charge in [0.25, 0.3) is 0 Å². The monoisotopic (exact) mass is 201 g/mol. The van der Waals surface area contributed by atoms with Gasteiger partial charge in [0.2, 0.25) is 0 Å². The third-order valence-corrected chi connectivity index (χ3v) is 3.31. The molecule has 1 aliphatic heterocycles. The van der Waals surface area contributed by atoms with E-state index in [4.69, 9.17) is 0 Å². The molecule has 1 rings (SSSR count). The van der Waals surface area contributed by atoms with E-state index in [9.17, 15) is 4.39 Å². The van der Waals surface area contributed by atoms with Gasteiger partial charge in [-0.05, 0) is 26.2 Å². The highest BCUT2D eigenvalue weighted by Gasteiger charge is 2.43. The molecule has 0 aromatic heterocycles. The number of hydrogen-bond acceptors (Lipinski definition) is 1. The predicted molar refractivity (Wildman–Crippen MR) is 59.2 cm³/mol. The second-order valence-electron chi connectivity index (χ2n) is 6.56. The SMILES string of the molecule is CC(C)(C)C1CN(C(C)(C)C)C[C@H]1F. The van der Waals surface area contributed by atoms with Crippen molar-refractivity contribution in [2.24, 2.45) is 11.3 Å². The minimum atomic E-state index is -0.658. The standard InChI is InChI=1S/C12H24FN/c1-11(2,3)9-7-14(8-10(9)13)12(4,5)6/h9-10H,7-8H2,1-6H3/t9?,10-/m1/s1. The first-order valence-electron chi connectivity index (χ1n) is 5.51. The third-order valence-electron chi connectivity index (χ3n) is 3.31. The molecule has 0 bridgehead atoms. The van der Waals surface area contributed by atoms with Gasteiger partial charge in [0, 0.05) is 24.5 Å². The Morgan fingerprint density at radius 3 is 1.71 bits per heavy atom. The Morgan fingerprint density at radius 2 is 1.50 bits per heavy atom. The van der Waals surface area contributed by atoms with Crippen LogP contribution in [0.4, 0.5) is 4.39 Å². The molecule has 0 radical (unpaired) electrons. The fourth-order valence-electron chi connectivity index (χ4n) is 2.13. The topological polar surface area (TPSA) is 3.24 Å². The highest BCUT2D eigenvalue weighted by atomic mass is 19.1. The predicted octanol–water partition coefficient (Wildman–Crippen LogP) is 3.10. The maximum Gasteiger partial charge on any atom is 0.117 e. The van der Waals surface area contributed by atoms with Gasteiger partial charge in [-0.3, -0.25) is 4.90 Å². The summed E-state index contributed by atoms with van der Waals surface area (Å²) in [6.45, 7) is 14.4. The van der Waals surface area contributed by atoms with Crippen LogP contribution in [0.2, 0.25) is 0 Å². The molecule has 0 aromatic rings. The van der Waals surface area contributed by atoms with Crippen LogP contribution in [-0.4, -0.2) is 29.7 Å². The number of alkyl halides is 1. The maximum atomic E-state index is 13.8. The van der Waals surface area contributed by atoms with Crippen molar-refractivity contribution in [3.63, 3.8) is 0 Å². The molecule has 0 N–H and O–H groups in total. The van der Waals surface area contributed by atoms with Crippen LogP contribution in [0.5, 0.6) is 0 Å². The molecule has 0 aromatic carbocycles. The lowest BCUT2D eigenvalue weighted by Gasteiger charge is -2.33. The van der Waals surface area contributed by atoms with E-state index in [-0.39, 0.29) is 16.9 Å². The van der Waals surface area contributed by atoms with E-state index in [2.05, 4.69) is 46.4 Å². The van der Waals surface area contributed by atoms with E-state index in [0.717, 1.165) is 6.54 Å². The second kappa shape index (κ2) is 3.48. The summed E-state index contributed by atoms with van der Waals surface area (Å²) in [5.41, 5.74) is 0.184. The van der Waals surface area contributed by atoms with Crippen LogP contribution in [0.1, 0.15) is 41.5 Å². The molecule has 1 unspecified atom stereocenters. The summed E-state index contributed by atoms with van der Waals surface area (Å²) in [6.07, 6.45) is -0.658. The van der Waals surface area contributed by atoms with Crippen molar-refractivity contribution in [3.8, 4) is 0 Å². The van der Waals surface area contributed by atoms with Crippen molar-refractivity contribution in [2.75, 3.05) is 13.1 Å². The molecule has 84 valence electrons. The molecule has 0 aliphatic carbocycles. The van der Waals surface area contributed by atoms with Crippen LogP contribution in [0, 0.1) is 11.3 Å². The van der Waals surface area contributed by atoms with Gasteiger partial charge < -0.3 is 0 Å². The molecule has 1 saturated heterocycles. The van der Waals surface area contributed by atoms with Gasteiger partial charge >= 0.3 is 0 Å². The highest BCUT2D eigenvalue weighted by Crippen LogP contribution is 2.37. The minimum absolute atomic E-state index is 0.0828. The summed E-state index contributed by atoms with van der Waals surface area (Å²) in [4.78, 5) is 2.26. The first-order valence-corrected chi connectivity index (χ1v) is 5.51. The van der Waals surface area contributed by atoms with Crippen LogP contribution >= 0.6 is 0 Å². The molecule has 2 heteroatoms. The first-order chi connectivity index (χ1) is 6.12. The van der Waals surface area contributed by atoms with Gasteiger partial charge in [0.15, 0.2) is 0 Å². The van der Waals surface area contributed by atoms with Gasteiger partial charge in [-0.2, -0.15) is 0 Å². The first kappa shape index (κ1) is 12.0. The Labute approximate surface area is 87.7 Å². The summed E-state index contributed by atoms with van der Waals surface area (Å²) < 4.78 is 13.8. The molecule has 0 saturated carbocycles. The van der Waals surface area contributed by atoms with Gasteiger partial charge in [-0.1, -0.05) is 20.8 Å². The van der Waals surface area contributed by atoms with Crippen LogP contribution in [0.3, 0.4) is 0 Å². The molecule has 1 aliphatic rings. The summed E-state index contributed by atoms with van der Waals surface area (Å²) in [5.74, 6) is 0.182. The molecular formula is C12H24FN. The maximum absolute atomic E-state index is 13.8. The minimum Gasteiger partial charge on any atom is -0.295 e. The summed E-state index contributed by atoms with van der Waals surface area (Å²) >= 11 is 0. The largest absolute Gasteiger partial charge is 0.295 e. The smallest absolute Gasteiger partial charge is 0.117 e. The van der Waals surface area contributed by atoms with E-state index in [0.29, 0.717) is 6.54 Å². The number of rotatable bonds is 0. The van der Waals surface area contributed by atoms with E-state index in [1.165, 1.54) is 0 Å². The van der Waals surface area contributed by atoms with E-state index in [1.807, 2.05) is 0 Å². The van der Waals surface area contributed by atoms with Crippen molar-refractivity contribution in [1.29, 1.82) is 0 Å². The Kier molecular flexibility index (Phi) is 2.97. The van der Waals surface area contributed by atoms with Crippen molar-refractivity contribution in [2.45, 2.75) is 53.3 Å². The summed E-state index contributed by atoms with van der Waals surface area (Å²) in [6, 6.07) is 0. The van der Waals surface area contributed by atoms with Crippen LogP contribution in [0.25, 0.3) is 0 Å². The van der Waals surface area contributed by atoms with Gasteiger partial charge in [0.05, 0.1) is 0 Å². The van der Waals surface area contributed by atoms with Crippen molar-refractivity contribution >= 4 is 0 Å². The zero-order valence-corrected chi connectivity index (χ0v) is 10.4. The Balaban J connectivity index is 2.70. The van der Waals surface area contributed by atoms with E-state index >= 15 is 0 Å². The molecule has 0 amide bonds. The van der Waals surface area contributed by atoms with Crippen LogP contribution in [0.15, 0.2) is 0 Å². The van der Waals surface area contributed by atoms with Crippen molar-refractivity contribution in [3.05, 3.63) is 0 Å². The zero-order chi connectivity index (χ0) is 11.1. The number of likely N-dealkylation sites (tertiary alicyclic amines) is 1. The number of hydrogen-bond donors (Lipinski definition) is 0. The second-order valence-corrected chi connectivity index (χ2v) is 6.56. The Bertz CT molecular complexity index is 199. The van der Waals surface area contributed by atoms with E-state index < -0.39 is 6.17 Å². The van der Waals surface area contributed by atoms with Gasteiger partial charge in [-0.25, -0.2) is 4.39 Å². The fraction of sp³-hybridized carbons (Fsp3) is 1.00. The Morgan fingerprint density at radius 1 is 1.00 bits per heavy atom. The molecule has 14 heavy (non-hydrogen) atoms. The number of nitrogens with zero attached hydrogens (tertiary/aromatic N) is 1. The van der Waals surface area contributed by atoms with Gasteiger partial charge in [0.1, 0.15) is 6.17 Å². The lowest BCUT2D eigenvalue weighted by atomic mass is 9.79. The molecule has 0 spiro atoms. The average Bonchev–Trinajstić information content (AvgIpc) is 2.27. The highest BCUT2D eigenvalue weighted by molar-refractivity contribution is 4.94. The number of halogens is 1. The molecule has 1 heterocycles. The average molecular weight is 201 g/mol. The summed E-state index contributed by atoms with van der Waals surface area (Å²) in [7, 11) is 0. The van der Waals surface area contributed by atoms with Crippen LogP contribution in [-0.2, 0) is 0 Å². The fourth-order valence-corrected chi connectivity index (χ4v) is 2.13. The normalized spacial score (nSPS) is 31.1. The molecule has 2 atom stereocenters. The van der Waals surface area contributed by atoms with Gasteiger partial charge in [-0.15, -0.1) is 0 Å².